The minimum Gasteiger partial charge on any atom is -0.352 e. The van der Waals surface area contributed by atoms with Crippen molar-refractivity contribution in [3.63, 3.8) is 0 Å². The number of aromatic nitrogens is 3. The first-order chi connectivity index (χ1) is 12.7. The number of thiazole rings is 1. The zero-order valence-electron chi connectivity index (χ0n) is 15.4. The normalized spacial score (nSPS) is 11.6. The average molecular weight is 369 g/mol. The molecule has 0 saturated heterocycles. The van der Waals surface area contributed by atoms with Crippen molar-refractivity contribution in [2.45, 2.75) is 33.5 Å². The van der Waals surface area contributed by atoms with Gasteiger partial charge in [-0.3, -0.25) is 9.67 Å². The molecule has 2 aromatic heterocycles. The topological polar surface area (TPSA) is 67.1 Å². The van der Waals surface area contributed by atoms with Gasteiger partial charge in [-0.2, -0.15) is 5.10 Å². The van der Waals surface area contributed by atoms with E-state index < -0.39 is 0 Å². The van der Waals surface area contributed by atoms with E-state index in [2.05, 4.69) is 50.0 Å². The molecular formula is C19H24N6S. The monoisotopic (exact) mass is 368 g/mol. The van der Waals surface area contributed by atoms with Crippen LogP contribution in [0.2, 0.25) is 0 Å². The van der Waals surface area contributed by atoms with Crippen molar-refractivity contribution in [1.29, 1.82) is 0 Å². The first kappa shape index (κ1) is 18.1. The number of nitrogens with one attached hydrogen (secondary N) is 2. The highest BCUT2D eigenvalue weighted by Crippen LogP contribution is 2.16. The molecule has 6 nitrogen and oxygen atoms in total. The van der Waals surface area contributed by atoms with Gasteiger partial charge in [-0.05, 0) is 31.0 Å². The van der Waals surface area contributed by atoms with Crippen LogP contribution in [0, 0.1) is 13.8 Å². The molecular weight excluding hydrogens is 344 g/mol. The van der Waals surface area contributed by atoms with Crippen LogP contribution in [0.3, 0.4) is 0 Å². The Morgan fingerprint density at radius 2 is 1.88 bits per heavy atom. The molecule has 0 saturated carbocycles. The summed E-state index contributed by atoms with van der Waals surface area (Å²) in [6.07, 6.45) is 3.78. The largest absolute Gasteiger partial charge is 0.352 e. The van der Waals surface area contributed by atoms with E-state index in [0.29, 0.717) is 6.54 Å². The predicted octanol–water partition coefficient (Wildman–Crippen LogP) is 2.87. The third-order valence-corrected chi connectivity index (χ3v) is 5.17. The van der Waals surface area contributed by atoms with Crippen LogP contribution in [0.4, 0.5) is 0 Å². The molecule has 0 fully saturated rings. The number of hydrogen-bond acceptors (Lipinski definition) is 4. The Kier molecular flexibility index (Phi) is 6.01. The molecule has 3 rings (SSSR count). The van der Waals surface area contributed by atoms with Crippen LogP contribution in [0.25, 0.3) is 0 Å². The first-order valence-electron chi connectivity index (χ1n) is 8.57. The summed E-state index contributed by atoms with van der Waals surface area (Å²) in [6, 6.07) is 10.3. The molecule has 3 aromatic rings. The Hall–Kier alpha value is -2.67. The van der Waals surface area contributed by atoms with Gasteiger partial charge in [0.05, 0.1) is 23.8 Å². The van der Waals surface area contributed by atoms with Crippen molar-refractivity contribution in [3.8, 4) is 0 Å². The second-order valence-electron chi connectivity index (χ2n) is 5.99. The minimum atomic E-state index is 0.706. The highest BCUT2D eigenvalue weighted by atomic mass is 32.1. The Morgan fingerprint density at radius 1 is 1.12 bits per heavy atom. The number of guanidine groups is 1. The van der Waals surface area contributed by atoms with Crippen LogP contribution < -0.4 is 10.6 Å². The lowest BCUT2D eigenvalue weighted by Gasteiger charge is -2.14. The number of aryl methyl sites for hydroxylation is 2. The Bertz CT molecular complexity index is 866. The van der Waals surface area contributed by atoms with Gasteiger partial charge >= 0.3 is 0 Å². The number of nitrogens with zero attached hydrogens (tertiary/aromatic N) is 4. The Labute approximate surface area is 158 Å². The van der Waals surface area contributed by atoms with Crippen molar-refractivity contribution in [1.82, 2.24) is 25.4 Å². The molecule has 0 spiro atoms. The maximum atomic E-state index is 4.47. The lowest BCUT2D eigenvalue weighted by Crippen LogP contribution is -2.36. The van der Waals surface area contributed by atoms with Crippen molar-refractivity contribution in [2.75, 3.05) is 7.05 Å². The maximum Gasteiger partial charge on any atom is 0.191 e. The van der Waals surface area contributed by atoms with Gasteiger partial charge in [-0.1, -0.05) is 24.3 Å². The van der Waals surface area contributed by atoms with Gasteiger partial charge in [-0.25, -0.2) is 4.98 Å². The average Bonchev–Trinajstić information content (AvgIpc) is 3.25. The van der Waals surface area contributed by atoms with E-state index in [4.69, 9.17) is 0 Å². The van der Waals surface area contributed by atoms with Gasteiger partial charge in [0.25, 0.3) is 0 Å². The highest BCUT2D eigenvalue weighted by molar-refractivity contribution is 7.11. The molecule has 1 aromatic carbocycles. The third kappa shape index (κ3) is 4.70. The summed E-state index contributed by atoms with van der Waals surface area (Å²) >= 11 is 1.72. The van der Waals surface area contributed by atoms with Crippen molar-refractivity contribution in [2.24, 2.45) is 4.99 Å². The fourth-order valence-corrected chi connectivity index (χ4v) is 3.63. The first-order valence-corrected chi connectivity index (χ1v) is 9.39. The lowest BCUT2D eigenvalue weighted by molar-refractivity contribution is 0.677. The van der Waals surface area contributed by atoms with Gasteiger partial charge in [0.15, 0.2) is 5.96 Å². The second kappa shape index (κ2) is 8.62. The molecule has 7 heteroatoms. The molecule has 0 aliphatic rings. The third-order valence-electron chi connectivity index (χ3n) is 4.10. The molecule has 0 amide bonds. The van der Waals surface area contributed by atoms with Crippen LogP contribution in [-0.2, 0) is 19.6 Å². The van der Waals surface area contributed by atoms with E-state index in [0.717, 1.165) is 29.8 Å². The van der Waals surface area contributed by atoms with Crippen molar-refractivity contribution >= 4 is 17.3 Å². The van der Waals surface area contributed by atoms with E-state index >= 15 is 0 Å². The standard InChI is InChI=1S/C19H24N6S/c1-14-18(26-15(2)24-14)12-22-19(20-3)21-11-16-7-4-5-8-17(16)13-25-10-6-9-23-25/h4-10H,11-13H2,1-3H3,(H2,20,21,22). The number of aliphatic imine (C=N–C) groups is 1. The van der Waals surface area contributed by atoms with E-state index in [-0.39, 0.29) is 0 Å². The maximum absolute atomic E-state index is 4.47. The number of benzene rings is 1. The predicted molar refractivity (Wildman–Crippen MR) is 106 cm³/mol. The summed E-state index contributed by atoms with van der Waals surface area (Å²) in [4.78, 5) is 10.0. The van der Waals surface area contributed by atoms with Gasteiger partial charge in [0.1, 0.15) is 0 Å². The zero-order chi connectivity index (χ0) is 18.4. The molecule has 0 radical (unpaired) electrons. The van der Waals surface area contributed by atoms with Gasteiger partial charge in [-0.15, -0.1) is 11.3 Å². The van der Waals surface area contributed by atoms with Gasteiger partial charge in [0, 0.05) is 30.9 Å². The summed E-state index contributed by atoms with van der Waals surface area (Å²) in [6.45, 7) is 6.27. The number of rotatable bonds is 6. The molecule has 0 aliphatic heterocycles. The number of hydrogen-bond donors (Lipinski definition) is 2. The summed E-state index contributed by atoms with van der Waals surface area (Å²) < 4.78 is 1.93. The molecule has 0 atom stereocenters. The molecule has 0 aliphatic carbocycles. The molecule has 136 valence electrons. The van der Waals surface area contributed by atoms with Crippen LogP contribution in [0.1, 0.15) is 26.7 Å². The summed E-state index contributed by atoms with van der Waals surface area (Å²) in [5, 5.41) is 12.1. The van der Waals surface area contributed by atoms with Gasteiger partial charge < -0.3 is 10.6 Å². The van der Waals surface area contributed by atoms with E-state index in [1.807, 2.05) is 30.8 Å². The summed E-state index contributed by atoms with van der Waals surface area (Å²) in [5.74, 6) is 0.782. The fourth-order valence-electron chi connectivity index (χ4n) is 2.75. The fraction of sp³-hybridized carbons (Fsp3) is 0.316. The molecule has 26 heavy (non-hydrogen) atoms. The Balaban J connectivity index is 1.59. The van der Waals surface area contributed by atoms with Crippen LogP contribution >= 0.6 is 11.3 Å². The van der Waals surface area contributed by atoms with Gasteiger partial charge in [0.2, 0.25) is 0 Å². The van der Waals surface area contributed by atoms with Crippen LogP contribution in [0.15, 0.2) is 47.7 Å². The molecule has 0 unspecified atom stereocenters. The van der Waals surface area contributed by atoms with E-state index in [1.165, 1.54) is 16.0 Å². The molecule has 2 heterocycles. The summed E-state index contributed by atoms with van der Waals surface area (Å²) in [7, 11) is 1.79. The highest BCUT2D eigenvalue weighted by Gasteiger charge is 2.07. The smallest absolute Gasteiger partial charge is 0.191 e. The molecule has 2 N–H and O–H groups in total. The summed E-state index contributed by atoms with van der Waals surface area (Å²) in [5.41, 5.74) is 3.56. The molecule has 0 bridgehead atoms. The zero-order valence-corrected chi connectivity index (χ0v) is 16.2. The van der Waals surface area contributed by atoms with Crippen LogP contribution in [0.5, 0.6) is 0 Å². The van der Waals surface area contributed by atoms with E-state index in [9.17, 15) is 0 Å². The lowest BCUT2D eigenvalue weighted by atomic mass is 10.1. The quantitative estimate of drug-likeness (QED) is 0.519. The van der Waals surface area contributed by atoms with Crippen molar-refractivity contribution < 1.29 is 0 Å². The van der Waals surface area contributed by atoms with E-state index in [1.54, 1.807) is 24.6 Å². The Morgan fingerprint density at radius 3 is 2.54 bits per heavy atom. The van der Waals surface area contributed by atoms with Crippen molar-refractivity contribution in [3.05, 3.63) is 69.4 Å². The second-order valence-corrected chi connectivity index (χ2v) is 7.28. The van der Waals surface area contributed by atoms with Crippen LogP contribution in [-0.4, -0.2) is 27.8 Å². The minimum absolute atomic E-state index is 0.706. The SMILES string of the molecule is CN=C(NCc1ccccc1Cn1cccn1)NCc1sc(C)nc1C.